The van der Waals surface area contributed by atoms with E-state index in [1.807, 2.05) is 18.2 Å². The number of benzene rings is 1. The molecule has 1 fully saturated rings. The smallest absolute Gasteiger partial charge is 0.329 e. The van der Waals surface area contributed by atoms with E-state index in [0.29, 0.717) is 12.1 Å². The van der Waals surface area contributed by atoms with Crippen molar-refractivity contribution in [2.75, 3.05) is 19.6 Å². The van der Waals surface area contributed by atoms with Crippen molar-refractivity contribution >= 4 is 5.97 Å². The maximum absolute atomic E-state index is 11.7. The average Bonchev–Trinajstić information content (AvgIpc) is 2.50. The number of nitrogens with zero attached hydrogens (tertiary/aromatic N) is 1. The van der Waals surface area contributed by atoms with E-state index in [4.69, 9.17) is 5.73 Å². The Hall–Kier alpha value is -1.39. The fourth-order valence-electron chi connectivity index (χ4n) is 3.21. The second-order valence-corrected chi connectivity index (χ2v) is 6.15. The van der Waals surface area contributed by atoms with E-state index in [2.05, 4.69) is 11.8 Å². The zero-order chi connectivity index (χ0) is 15.3. The van der Waals surface area contributed by atoms with Gasteiger partial charge >= 0.3 is 5.97 Å². The first-order valence-corrected chi connectivity index (χ1v) is 7.86. The summed E-state index contributed by atoms with van der Waals surface area (Å²) in [5, 5.41) is 9.60. The molecule has 0 saturated carbocycles. The fraction of sp³-hybridized carbons (Fsp3) is 0.588. The second kappa shape index (κ2) is 7.05. The lowest BCUT2D eigenvalue weighted by Crippen LogP contribution is -2.54. The summed E-state index contributed by atoms with van der Waals surface area (Å²) >= 11 is 0. The molecule has 2 rings (SSSR count). The van der Waals surface area contributed by atoms with Crippen LogP contribution in [0.5, 0.6) is 0 Å². The minimum Gasteiger partial charge on any atom is -0.480 e. The Morgan fingerprint density at radius 1 is 1.33 bits per heavy atom. The van der Waals surface area contributed by atoms with E-state index in [1.54, 1.807) is 12.1 Å². The third-order valence-electron chi connectivity index (χ3n) is 4.55. The largest absolute Gasteiger partial charge is 0.480 e. The van der Waals surface area contributed by atoms with Crippen molar-refractivity contribution in [3.63, 3.8) is 0 Å². The van der Waals surface area contributed by atoms with Crippen LogP contribution in [0, 0.1) is 5.92 Å². The number of rotatable bonds is 6. The van der Waals surface area contributed by atoms with Crippen molar-refractivity contribution in [2.24, 2.45) is 11.7 Å². The Bertz CT molecular complexity index is 455. The molecule has 0 bridgehead atoms. The molecule has 0 amide bonds. The van der Waals surface area contributed by atoms with Crippen LogP contribution < -0.4 is 5.73 Å². The number of hydrogen-bond donors (Lipinski definition) is 2. The Labute approximate surface area is 126 Å². The van der Waals surface area contributed by atoms with Gasteiger partial charge in [0.15, 0.2) is 5.54 Å². The van der Waals surface area contributed by atoms with Gasteiger partial charge in [-0.05, 0) is 37.4 Å². The normalized spacial score (nSPS) is 20.1. The predicted molar refractivity (Wildman–Crippen MR) is 84.0 cm³/mol. The van der Waals surface area contributed by atoms with E-state index in [-0.39, 0.29) is 0 Å². The monoisotopic (exact) mass is 290 g/mol. The minimum absolute atomic E-state index is 0.380. The van der Waals surface area contributed by atoms with Crippen molar-refractivity contribution in [1.82, 2.24) is 4.90 Å². The van der Waals surface area contributed by atoms with Gasteiger partial charge in [-0.2, -0.15) is 0 Å². The van der Waals surface area contributed by atoms with Crippen LogP contribution in [0.4, 0.5) is 0 Å². The summed E-state index contributed by atoms with van der Waals surface area (Å²) in [6, 6.07) is 9.17. The third-order valence-corrected chi connectivity index (χ3v) is 4.55. The number of aliphatic carboxylic acids is 1. The predicted octanol–water partition coefficient (Wildman–Crippen LogP) is 2.44. The van der Waals surface area contributed by atoms with E-state index in [9.17, 15) is 9.90 Å². The average molecular weight is 290 g/mol. The van der Waals surface area contributed by atoms with Gasteiger partial charge in [0.05, 0.1) is 0 Å². The van der Waals surface area contributed by atoms with E-state index < -0.39 is 11.5 Å². The maximum Gasteiger partial charge on any atom is 0.329 e. The van der Waals surface area contributed by atoms with Crippen LogP contribution in [0.2, 0.25) is 0 Å². The summed E-state index contributed by atoms with van der Waals surface area (Å²) in [5.74, 6) is -0.163. The number of nitrogens with two attached hydrogens (primary N) is 1. The quantitative estimate of drug-likeness (QED) is 0.844. The minimum atomic E-state index is -1.32. The van der Waals surface area contributed by atoms with Crippen LogP contribution in [-0.2, 0) is 10.3 Å². The molecule has 0 radical (unpaired) electrons. The van der Waals surface area contributed by atoms with Gasteiger partial charge in [-0.3, -0.25) is 0 Å². The van der Waals surface area contributed by atoms with Gasteiger partial charge in [0.25, 0.3) is 0 Å². The number of hydrogen-bond acceptors (Lipinski definition) is 3. The highest BCUT2D eigenvalue weighted by molar-refractivity contribution is 5.80. The molecule has 1 aromatic rings. The zero-order valence-electron chi connectivity index (χ0n) is 12.8. The molecule has 1 aliphatic rings. The summed E-state index contributed by atoms with van der Waals surface area (Å²) < 4.78 is 0. The van der Waals surface area contributed by atoms with Crippen molar-refractivity contribution in [1.29, 1.82) is 0 Å². The molecule has 0 spiro atoms. The van der Waals surface area contributed by atoms with Gasteiger partial charge in [0.2, 0.25) is 0 Å². The van der Waals surface area contributed by atoms with E-state index >= 15 is 0 Å². The van der Waals surface area contributed by atoms with Gasteiger partial charge in [-0.1, -0.05) is 50.1 Å². The molecule has 1 aliphatic heterocycles. The highest BCUT2D eigenvalue weighted by Crippen LogP contribution is 2.25. The van der Waals surface area contributed by atoms with Crippen LogP contribution in [0.15, 0.2) is 30.3 Å². The molecule has 3 N–H and O–H groups in total. The van der Waals surface area contributed by atoms with Crippen molar-refractivity contribution < 1.29 is 9.90 Å². The first-order chi connectivity index (χ1) is 10.1. The first-order valence-electron chi connectivity index (χ1n) is 7.86. The summed E-state index contributed by atoms with van der Waals surface area (Å²) in [6.45, 7) is 4.50. The van der Waals surface area contributed by atoms with Gasteiger partial charge in [0, 0.05) is 6.54 Å². The summed E-state index contributed by atoms with van der Waals surface area (Å²) in [6.07, 6.45) is 4.81. The molecule has 1 atom stereocenters. The lowest BCUT2D eigenvalue weighted by atomic mass is 9.88. The summed E-state index contributed by atoms with van der Waals surface area (Å²) in [4.78, 5) is 13.9. The molecule has 21 heavy (non-hydrogen) atoms. The van der Waals surface area contributed by atoms with E-state index in [0.717, 1.165) is 31.8 Å². The topological polar surface area (TPSA) is 66.6 Å². The maximum atomic E-state index is 11.7. The zero-order valence-corrected chi connectivity index (χ0v) is 12.8. The summed E-state index contributed by atoms with van der Waals surface area (Å²) in [5.41, 5.74) is 5.60. The Morgan fingerprint density at radius 3 is 2.48 bits per heavy atom. The molecule has 1 aromatic carbocycles. The van der Waals surface area contributed by atoms with Gasteiger partial charge in [-0.15, -0.1) is 0 Å². The molecule has 1 heterocycles. The van der Waals surface area contributed by atoms with Crippen molar-refractivity contribution in [2.45, 2.75) is 38.1 Å². The van der Waals surface area contributed by atoms with E-state index in [1.165, 1.54) is 12.8 Å². The molecule has 4 nitrogen and oxygen atoms in total. The SMILES string of the molecule is CCCC1CCN(CC(N)(C(=O)O)c2ccccc2)CC1. The Morgan fingerprint density at radius 2 is 1.95 bits per heavy atom. The fourth-order valence-corrected chi connectivity index (χ4v) is 3.21. The molecular formula is C17H26N2O2. The Kier molecular flexibility index (Phi) is 5.37. The number of carboxylic acid groups (broad SMARTS) is 1. The highest BCUT2D eigenvalue weighted by Gasteiger charge is 2.38. The number of likely N-dealkylation sites (tertiary alicyclic amines) is 1. The molecule has 0 aromatic heterocycles. The van der Waals surface area contributed by atoms with Gasteiger partial charge < -0.3 is 15.7 Å². The van der Waals surface area contributed by atoms with Crippen LogP contribution >= 0.6 is 0 Å². The molecule has 0 aliphatic carbocycles. The highest BCUT2D eigenvalue weighted by atomic mass is 16.4. The van der Waals surface area contributed by atoms with Crippen molar-refractivity contribution in [3.8, 4) is 0 Å². The molecule has 1 unspecified atom stereocenters. The van der Waals surface area contributed by atoms with Gasteiger partial charge in [-0.25, -0.2) is 4.79 Å². The lowest BCUT2D eigenvalue weighted by Gasteiger charge is -2.37. The first kappa shape index (κ1) is 16.0. The van der Waals surface area contributed by atoms with Crippen molar-refractivity contribution in [3.05, 3.63) is 35.9 Å². The number of carbonyl (C=O) groups is 1. The van der Waals surface area contributed by atoms with Crippen LogP contribution in [-0.4, -0.2) is 35.6 Å². The standard InChI is InChI=1S/C17H26N2O2/c1-2-6-14-9-11-19(12-10-14)13-17(18,16(20)21)15-7-4-3-5-8-15/h3-5,7-8,14H,2,6,9-13,18H2,1H3,(H,20,21). The molecule has 116 valence electrons. The second-order valence-electron chi connectivity index (χ2n) is 6.15. The van der Waals surface area contributed by atoms with Crippen LogP contribution in [0.1, 0.15) is 38.2 Å². The molecule has 4 heteroatoms. The third kappa shape index (κ3) is 3.83. The number of piperidine rings is 1. The summed E-state index contributed by atoms with van der Waals surface area (Å²) in [7, 11) is 0. The van der Waals surface area contributed by atoms with Crippen LogP contribution in [0.3, 0.4) is 0 Å². The Balaban J connectivity index is 2.03. The molecular weight excluding hydrogens is 264 g/mol. The van der Waals surface area contributed by atoms with Gasteiger partial charge in [0.1, 0.15) is 0 Å². The number of carboxylic acids is 1. The van der Waals surface area contributed by atoms with Crippen LogP contribution in [0.25, 0.3) is 0 Å². The molecule has 1 saturated heterocycles. The lowest BCUT2D eigenvalue weighted by molar-refractivity contribution is -0.144.